The average molecular weight is 353 g/mol. The SMILES string of the molecule is COC1=CC[C@@H]2[C@@H]3Cc4ccc(OC)c5c4[C@]2(CCN3CC2CC2)[C@@H]1O5. The third kappa shape index (κ3) is 1.79. The van der Waals surface area contributed by atoms with E-state index >= 15 is 0 Å². The molecule has 4 nitrogen and oxygen atoms in total. The molecule has 0 radical (unpaired) electrons. The summed E-state index contributed by atoms with van der Waals surface area (Å²) in [5.74, 6) is 4.45. The van der Waals surface area contributed by atoms with Gasteiger partial charge in [-0.15, -0.1) is 0 Å². The van der Waals surface area contributed by atoms with Crippen molar-refractivity contribution in [1.82, 2.24) is 4.90 Å². The molecule has 2 fully saturated rings. The van der Waals surface area contributed by atoms with E-state index in [2.05, 4.69) is 23.1 Å². The van der Waals surface area contributed by atoms with E-state index in [1.165, 1.54) is 43.5 Å². The van der Waals surface area contributed by atoms with Gasteiger partial charge in [-0.2, -0.15) is 0 Å². The molecule has 0 N–H and O–H groups in total. The highest BCUT2D eigenvalue weighted by Gasteiger charge is 2.65. The fourth-order valence-corrected chi connectivity index (χ4v) is 6.41. The van der Waals surface area contributed by atoms with Crippen LogP contribution >= 0.6 is 0 Å². The molecule has 1 saturated carbocycles. The Labute approximate surface area is 155 Å². The van der Waals surface area contributed by atoms with Crippen LogP contribution in [0.25, 0.3) is 0 Å². The average Bonchev–Trinajstić information content (AvgIpc) is 3.41. The van der Waals surface area contributed by atoms with Crippen LogP contribution in [0.2, 0.25) is 0 Å². The van der Waals surface area contributed by atoms with Crippen LogP contribution in [0.5, 0.6) is 11.5 Å². The topological polar surface area (TPSA) is 30.9 Å². The number of likely N-dealkylation sites (tertiary alicyclic amines) is 1. The maximum Gasteiger partial charge on any atom is 0.166 e. The number of allylic oxidation sites excluding steroid dienone is 1. The van der Waals surface area contributed by atoms with Gasteiger partial charge in [0.05, 0.1) is 14.2 Å². The zero-order valence-electron chi connectivity index (χ0n) is 15.7. The van der Waals surface area contributed by atoms with Crippen molar-refractivity contribution >= 4 is 0 Å². The van der Waals surface area contributed by atoms with Crippen LogP contribution in [0, 0.1) is 11.8 Å². The van der Waals surface area contributed by atoms with Crippen molar-refractivity contribution in [2.45, 2.75) is 49.7 Å². The molecule has 4 heteroatoms. The zero-order chi connectivity index (χ0) is 17.5. The van der Waals surface area contributed by atoms with Gasteiger partial charge in [-0.1, -0.05) is 6.07 Å². The summed E-state index contributed by atoms with van der Waals surface area (Å²) in [6.07, 6.45) is 8.58. The van der Waals surface area contributed by atoms with Gasteiger partial charge in [0, 0.05) is 23.6 Å². The van der Waals surface area contributed by atoms with Crippen LogP contribution in [0.15, 0.2) is 24.0 Å². The van der Waals surface area contributed by atoms with Crippen molar-refractivity contribution in [1.29, 1.82) is 0 Å². The number of piperidine rings is 1. The van der Waals surface area contributed by atoms with Crippen molar-refractivity contribution < 1.29 is 14.2 Å². The van der Waals surface area contributed by atoms with Gasteiger partial charge in [-0.05, 0) is 68.2 Å². The largest absolute Gasteiger partial charge is 0.497 e. The molecule has 26 heavy (non-hydrogen) atoms. The van der Waals surface area contributed by atoms with Gasteiger partial charge in [0.15, 0.2) is 17.6 Å². The Morgan fingerprint density at radius 3 is 2.88 bits per heavy atom. The molecule has 5 aliphatic rings. The molecule has 0 aromatic heterocycles. The van der Waals surface area contributed by atoms with Crippen LogP contribution in [0.1, 0.15) is 36.8 Å². The summed E-state index contributed by atoms with van der Waals surface area (Å²) >= 11 is 0. The van der Waals surface area contributed by atoms with Gasteiger partial charge in [0.1, 0.15) is 5.76 Å². The van der Waals surface area contributed by atoms with Crippen molar-refractivity contribution in [2.24, 2.45) is 11.8 Å². The first kappa shape index (κ1) is 15.4. The summed E-state index contributed by atoms with van der Waals surface area (Å²) in [5, 5.41) is 0. The predicted octanol–water partition coefficient (Wildman–Crippen LogP) is 3.28. The van der Waals surface area contributed by atoms with Gasteiger partial charge in [0.25, 0.3) is 0 Å². The monoisotopic (exact) mass is 353 g/mol. The highest BCUT2D eigenvalue weighted by Crippen LogP contribution is 2.64. The summed E-state index contributed by atoms with van der Waals surface area (Å²) in [6, 6.07) is 5.02. The van der Waals surface area contributed by atoms with Crippen molar-refractivity contribution in [2.75, 3.05) is 27.3 Å². The van der Waals surface area contributed by atoms with Gasteiger partial charge in [-0.25, -0.2) is 0 Å². The van der Waals surface area contributed by atoms with Crippen LogP contribution in [0.3, 0.4) is 0 Å². The fraction of sp³-hybridized carbons (Fsp3) is 0.636. The third-order valence-corrected chi connectivity index (χ3v) is 7.69. The summed E-state index contributed by atoms with van der Waals surface area (Å²) in [7, 11) is 3.53. The molecule has 138 valence electrons. The molecule has 1 aromatic rings. The highest BCUT2D eigenvalue weighted by molar-refractivity contribution is 5.62. The van der Waals surface area contributed by atoms with E-state index in [9.17, 15) is 0 Å². The predicted molar refractivity (Wildman–Crippen MR) is 98.7 cm³/mol. The molecule has 2 bridgehead atoms. The first-order valence-corrected chi connectivity index (χ1v) is 10.1. The first-order valence-electron chi connectivity index (χ1n) is 10.1. The van der Waals surface area contributed by atoms with Crippen LogP contribution < -0.4 is 9.47 Å². The van der Waals surface area contributed by atoms with Gasteiger partial charge >= 0.3 is 0 Å². The summed E-state index contributed by atoms with van der Waals surface area (Å²) in [4.78, 5) is 2.81. The second-order valence-corrected chi connectivity index (χ2v) is 8.78. The van der Waals surface area contributed by atoms with E-state index in [0.717, 1.165) is 36.0 Å². The molecule has 1 saturated heterocycles. The van der Waals surface area contributed by atoms with E-state index in [1.54, 1.807) is 14.2 Å². The lowest BCUT2D eigenvalue weighted by molar-refractivity contribution is -0.0376. The molecular weight excluding hydrogens is 326 g/mol. The normalized spacial score (nSPS) is 36.8. The molecule has 3 aliphatic carbocycles. The van der Waals surface area contributed by atoms with E-state index in [1.807, 2.05) is 0 Å². The van der Waals surface area contributed by atoms with Gasteiger partial charge in [0.2, 0.25) is 0 Å². The summed E-state index contributed by atoms with van der Waals surface area (Å²) < 4.78 is 18.1. The van der Waals surface area contributed by atoms with Crippen molar-refractivity contribution in [3.05, 3.63) is 35.1 Å². The maximum absolute atomic E-state index is 6.60. The Kier molecular flexibility index (Phi) is 3.07. The fourth-order valence-electron chi connectivity index (χ4n) is 6.41. The smallest absolute Gasteiger partial charge is 0.166 e. The van der Waals surface area contributed by atoms with E-state index < -0.39 is 0 Å². The Hall–Kier alpha value is -1.68. The van der Waals surface area contributed by atoms with Crippen LogP contribution in [0.4, 0.5) is 0 Å². The lowest BCUT2D eigenvalue weighted by Crippen LogP contribution is -2.64. The molecule has 0 amide bonds. The molecule has 2 aliphatic heterocycles. The Morgan fingerprint density at radius 1 is 1.23 bits per heavy atom. The quantitative estimate of drug-likeness (QED) is 0.831. The third-order valence-electron chi connectivity index (χ3n) is 7.69. The number of hydrogen-bond acceptors (Lipinski definition) is 4. The number of nitrogens with zero attached hydrogens (tertiary/aromatic N) is 1. The summed E-state index contributed by atoms with van der Waals surface area (Å²) in [5.41, 5.74) is 2.99. The number of rotatable bonds is 4. The Balaban J connectivity index is 1.53. The highest BCUT2D eigenvalue weighted by atomic mass is 16.6. The van der Waals surface area contributed by atoms with Crippen LogP contribution in [-0.4, -0.2) is 44.4 Å². The maximum atomic E-state index is 6.60. The second kappa shape index (κ2) is 5.19. The number of benzene rings is 1. The van der Waals surface area contributed by atoms with E-state index in [4.69, 9.17) is 14.2 Å². The van der Waals surface area contributed by atoms with Gasteiger partial charge < -0.3 is 14.2 Å². The van der Waals surface area contributed by atoms with Gasteiger partial charge in [-0.3, -0.25) is 4.90 Å². The zero-order valence-corrected chi connectivity index (χ0v) is 15.7. The minimum absolute atomic E-state index is 0.0159. The molecule has 1 aromatic carbocycles. The number of ether oxygens (including phenoxy) is 3. The van der Waals surface area contributed by atoms with E-state index in [0.29, 0.717) is 12.0 Å². The number of hydrogen-bond donors (Lipinski definition) is 0. The van der Waals surface area contributed by atoms with Crippen LogP contribution in [-0.2, 0) is 16.6 Å². The first-order chi connectivity index (χ1) is 12.8. The number of methoxy groups -OCH3 is 2. The molecule has 1 spiro atoms. The van der Waals surface area contributed by atoms with E-state index in [-0.39, 0.29) is 11.5 Å². The standard InChI is InChI=1S/C22H27NO3/c1-24-17-7-5-14-11-16-15-6-8-18(25-2)21-22(15,19(14)20(17)26-21)9-10-23(16)12-13-3-4-13/h5,7-8,13,15-16,21H,3-4,6,9-12H2,1-2H3/t15-,16+,21-,22-/m1/s1. The van der Waals surface area contributed by atoms with Crippen molar-refractivity contribution in [3.63, 3.8) is 0 Å². The molecular formula is C22H27NO3. The lowest BCUT2D eigenvalue weighted by Gasteiger charge is -2.57. The Bertz CT molecular complexity index is 799. The molecule has 6 rings (SSSR count). The Morgan fingerprint density at radius 2 is 2.12 bits per heavy atom. The molecule has 4 atom stereocenters. The van der Waals surface area contributed by atoms with Crippen molar-refractivity contribution in [3.8, 4) is 11.5 Å². The molecule has 0 unspecified atom stereocenters. The minimum Gasteiger partial charge on any atom is -0.497 e. The second-order valence-electron chi connectivity index (χ2n) is 8.78. The summed E-state index contributed by atoms with van der Waals surface area (Å²) in [6.45, 7) is 2.48. The molecule has 2 heterocycles. The minimum atomic E-state index is 0.0159. The lowest BCUT2D eigenvalue weighted by atomic mass is 9.53.